The van der Waals surface area contributed by atoms with Crippen molar-refractivity contribution < 1.29 is 18.7 Å². The number of nitrogens with zero attached hydrogens (tertiary/aromatic N) is 1. The zero-order valence-corrected chi connectivity index (χ0v) is 7.75. The van der Waals surface area contributed by atoms with Crippen LogP contribution >= 0.6 is 15.9 Å². The van der Waals surface area contributed by atoms with Crippen molar-refractivity contribution in [3.8, 4) is 0 Å². The average Bonchev–Trinajstić information content (AvgIpc) is 2.04. The second kappa shape index (κ2) is 3.37. The topological polar surface area (TPSA) is 50.2 Å². The molecule has 0 saturated heterocycles. The fourth-order valence-corrected chi connectivity index (χ4v) is 0.906. The SMILES string of the molecule is O=C(O)C(F)(F)c1ccc(Br)cn1. The van der Waals surface area contributed by atoms with Gasteiger partial charge in [0.25, 0.3) is 0 Å². The standard InChI is InChI=1S/C7H4BrF2NO2/c8-4-1-2-5(11-3-4)7(9,10)6(12)13/h1-3H,(H,12,13). The van der Waals surface area contributed by atoms with Crippen LogP contribution < -0.4 is 0 Å². The summed E-state index contributed by atoms with van der Waals surface area (Å²) in [6.45, 7) is 0. The molecule has 0 fully saturated rings. The van der Waals surface area contributed by atoms with Gasteiger partial charge in [-0.15, -0.1) is 0 Å². The van der Waals surface area contributed by atoms with Gasteiger partial charge in [0.1, 0.15) is 5.69 Å². The molecule has 70 valence electrons. The summed E-state index contributed by atoms with van der Waals surface area (Å²) in [5.74, 6) is -6.14. The van der Waals surface area contributed by atoms with Crippen LogP contribution in [-0.4, -0.2) is 16.1 Å². The first-order valence-electron chi connectivity index (χ1n) is 3.18. The van der Waals surface area contributed by atoms with Gasteiger partial charge < -0.3 is 5.11 Å². The van der Waals surface area contributed by atoms with Gasteiger partial charge in [-0.1, -0.05) is 0 Å². The Morgan fingerprint density at radius 3 is 2.54 bits per heavy atom. The van der Waals surface area contributed by atoms with Gasteiger partial charge >= 0.3 is 11.9 Å². The molecule has 0 unspecified atom stereocenters. The Morgan fingerprint density at radius 2 is 2.15 bits per heavy atom. The molecule has 13 heavy (non-hydrogen) atoms. The summed E-state index contributed by atoms with van der Waals surface area (Å²) in [5.41, 5.74) is -0.775. The van der Waals surface area contributed by atoms with E-state index in [4.69, 9.17) is 5.11 Å². The highest BCUT2D eigenvalue weighted by Gasteiger charge is 2.42. The molecule has 0 aliphatic rings. The van der Waals surface area contributed by atoms with Gasteiger partial charge in [-0.3, -0.25) is 4.98 Å². The first-order valence-corrected chi connectivity index (χ1v) is 3.97. The number of alkyl halides is 2. The van der Waals surface area contributed by atoms with Crippen LogP contribution in [0.2, 0.25) is 0 Å². The summed E-state index contributed by atoms with van der Waals surface area (Å²) in [6, 6.07) is 2.26. The lowest BCUT2D eigenvalue weighted by atomic mass is 10.2. The number of carbonyl (C=O) groups is 1. The minimum absolute atomic E-state index is 0.512. The van der Waals surface area contributed by atoms with E-state index in [2.05, 4.69) is 20.9 Å². The van der Waals surface area contributed by atoms with Gasteiger partial charge in [0.2, 0.25) is 0 Å². The zero-order valence-electron chi connectivity index (χ0n) is 6.17. The van der Waals surface area contributed by atoms with E-state index >= 15 is 0 Å². The Bertz CT molecular complexity index is 326. The van der Waals surface area contributed by atoms with Gasteiger partial charge in [-0.05, 0) is 28.1 Å². The minimum atomic E-state index is -3.93. The van der Waals surface area contributed by atoms with Crippen molar-refractivity contribution >= 4 is 21.9 Å². The minimum Gasteiger partial charge on any atom is -0.476 e. The molecule has 1 aromatic heterocycles. The first kappa shape index (κ1) is 10.0. The number of rotatable bonds is 2. The molecule has 0 spiro atoms. The fraction of sp³-hybridized carbons (Fsp3) is 0.143. The van der Waals surface area contributed by atoms with Crippen LogP contribution in [-0.2, 0) is 10.7 Å². The summed E-state index contributed by atoms with van der Waals surface area (Å²) < 4.78 is 26.0. The maximum Gasteiger partial charge on any atom is 0.384 e. The van der Waals surface area contributed by atoms with Crippen molar-refractivity contribution in [3.63, 3.8) is 0 Å². The molecule has 1 rings (SSSR count). The van der Waals surface area contributed by atoms with E-state index < -0.39 is 17.6 Å². The largest absolute Gasteiger partial charge is 0.476 e. The number of pyridine rings is 1. The molecular weight excluding hydrogens is 248 g/mol. The van der Waals surface area contributed by atoms with Crippen LogP contribution in [0.25, 0.3) is 0 Å². The number of aliphatic carboxylic acids is 1. The Labute approximate surface area is 80.5 Å². The third kappa shape index (κ3) is 2.00. The number of aromatic nitrogens is 1. The molecule has 0 atom stereocenters. The Morgan fingerprint density at radius 1 is 1.54 bits per heavy atom. The highest BCUT2D eigenvalue weighted by atomic mass is 79.9. The number of carboxylic acid groups (broad SMARTS) is 1. The lowest BCUT2D eigenvalue weighted by Gasteiger charge is -2.09. The van der Waals surface area contributed by atoms with Crippen LogP contribution in [0.15, 0.2) is 22.8 Å². The molecule has 0 aliphatic heterocycles. The molecule has 3 nitrogen and oxygen atoms in total. The lowest BCUT2D eigenvalue weighted by molar-refractivity contribution is -0.166. The molecule has 0 bridgehead atoms. The maximum absolute atomic E-state index is 12.7. The van der Waals surface area contributed by atoms with Gasteiger partial charge in [0.05, 0.1) is 0 Å². The lowest BCUT2D eigenvalue weighted by Crippen LogP contribution is -2.26. The third-order valence-electron chi connectivity index (χ3n) is 1.32. The third-order valence-corrected chi connectivity index (χ3v) is 1.79. The van der Waals surface area contributed by atoms with E-state index in [-0.39, 0.29) is 0 Å². The fourth-order valence-electron chi connectivity index (χ4n) is 0.671. The Kier molecular flexibility index (Phi) is 2.60. The van der Waals surface area contributed by atoms with Crippen LogP contribution in [0.1, 0.15) is 5.69 Å². The maximum atomic E-state index is 12.7. The Balaban J connectivity index is 3.08. The van der Waals surface area contributed by atoms with E-state index in [1.165, 1.54) is 6.07 Å². The average molecular weight is 252 g/mol. The van der Waals surface area contributed by atoms with Crippen molar-refractivity contribution in [1.82, 2.24) is 4.98 Å². The molecule has 0 radical (unpaired) electrons. The van der Waals surface area contributed by atoms with Crippen molar-refractivity contribution in [2.24, 2.45) is 0 Å². The van der Waals surface area contributed by atoms with Crippen molar-refractivity contribution in [2.75, 3.05) is 0 Å². The van der Waals surface area contributed by atoms with Crippen LogP contribution in [0.5, 0.6) is 0 Å². The summed E-state index contributed by atoms with van der Waals surface area (Å²) in [7, 11) is 0. The molecule has 1 aromatic rings. The predicted octanol–water partition coefficient (Wildman–Crippen LogP) is 2.02. The number of hydrogen-bond acceptors (Lipinski definition) is 2. The molecule has 0 amide bonds. The van der Waals surface area contributed by atoms with Crippen molar-refractivity contribution in [2.45, 2.75) is 5.92 Å². The van der Waals surface area contributed by atoms with E-state index in [1.807, 2.05) is 0 Å². The highest BCUT2D eigenvalue weighted by Crippen LogP contribution is 2.26. The highest BCUT2D eigenvalue weighted by molar-refractivity contribution is 9.10. The summed E-state index contributed by atoms with van der Waals surface area (Å²) in [6.07, 6.45) is 1.12. The normalized spacial score (nSPS) is 11.3. The number of halogens is 3. The van der Waals surface area contributed by atoms with Gasteiger partial charge in [0, 0.05) is 10.7 Å². The van der Waals surface area contributed by atoms with Gasteiger partial charge in [0.15, 0.2) is 0 Å². The molecule has 1 N–H and O–H groups in total. The summed E-state index contributed by atoms with van der Waals surface area (Å²) in [4.78, 5) is 13.4. The summed E-state index contributed by atoms with van der Waals surface area (Å²) >= 11 is 2.99. The van der Waals surface area contributed by atoms with Gasteiger partial charge in [-0.2, -0.15) is 8.78 Å². The predicted molar refractivity (Wildman–Crippen MR) is 43.5 cm³/mol. The van der Waals surface area contributed by atoms with Crippen molar-refractivity contribution in [1.29, 1.82) is 0 Å². The quantitative estimate of drug-likeness (QED) is 0.875. The van der Waals surface area contributed by atoms with Crippen LogP contribution in [0, 0.1) is 0 Å². The number of carboxylic acids is 1. The van der Waals surface area contributed by atoms with Crippen molar-refractivity contribution in [3.05, 3.63) is 28.5 Å². The van der Waals surface area contributed by atoms with Crippen LogP contribution in [0.4, 0.5) is 8.78 Å². The Hall–Kier alpha value is -1.04. The smallest absolute Gasteiger partial charge is 0.384 e. The molecular formula is C7H4BrF2NO2. The van der Waals surface area contributed by atoms with E-state index in [9.17, 15) is 13.6 Å². The molecule has 1 heterocycles. The van der Waals surface area contributed by atoms with E-state index in [0.717, 1.165) is 12.3 Å². The first-order chi connectivity index (χ1) is 5.94. The molecule has 0 saturated carbocycles. The monoisotopic (exact) mass is 251 g/mol. The zero-order chi connectivity index (χ0) is 10.1. The second-order valence-corrected chi connectivity index (χ2v) is 3.16. The number of hydrogen-bond donors (Lipinski definition) is 1. The summed E-state index contributed by atoms with van der Waals surface area (Å²) in [5, 5.41) is 8.16. The van der Waals surface area contributed by atoms with E-state index in [0.29, 0.717) is 4.47 Å². The molecule has 0 aliphatic carbocycles. The van der Waals surface area contributed by atoms with Gasteiger partial charge in [-0.25, -0.2) is 4.79 Å². The second-order valence-electron chi connectivity index (χ2n) is 2.24. The van der Waals surface area contributed by atoms with E-state index in [1.54, 1.807) is 0 Å². The molecule has 6 heteroatoms. The van der Waals surface area contributed by atoms with Crippen LogP contribution in [0.3, 0.4) is 0 Å². The molecule has 0 aromatic carbocycles.